The molecule has 0 fully saturated rings. The number of esters is 1. The monoisotopic (exact) mass is 474 g/mol. The molecule has 9 heteroatoms. The first-order valence-electron chi connectivity index (χ1n) is 10.7. The number of ether oxygens (including phenoxy) is 4. The minimum Gasteiger partial charge on any atom is -0.493 e. The molecule has 0 unspecified atom stereocenters. The highest BCUT2D eigenvalue weighted by Gasteiger charge is 2.23. The van der Waals surface area contributed by atoms with Gasteiger partial charge < -0.3 is 18.9 Å². The summed E-state index contributed by atoms with van der Waals surface area (Å²) < 4.78 is 21.2. The van der Waals surface area contributed by atoms with Crippen molar-refractivity contribution in [1.82, 2.24) is 5.01 Å². The first-order valence-corrected chi connectivity index (χ1v) is 11.1. The van der Waals surface area contributed by atoms with Crippen LogP contribution in [0.3, 0.4) is 0 Å². The van der Waals surface area contributed by atoms with Gasteiger partial charge in [-0.05, 0) is 63.1 Å². The minimum absolute atomic E-state index is 0.215. The van der Waals surface area contributed by atoms with Crippen LogP contribution in [0.15, 0.2) is 41.5 Å². The van der Waals surface area contributed by atoms with E-state index in [0.717, 1.165) is 24.1 Å². The Morgan fingerprint density at radius 1 is 1.06 bits per heavy atom. The van der Waals surface area contributed by atoms with Crippen LogP contribution in [0, 0.1) is 0 Å². The minimum atomic E-state index is -0.477. The molecule has 0 saturated heterocycles. The number of methoxy groups -OCH3 is 1. The van der Waals surface area contributed by atoms with E-state index >= 15 is 0 Å². The lowest BCUT2D eigenvalue weighted by Gasteiger charge is -2.24. The SMILES string of the molecule is CCOC(=O)COc1ccc(C(=O)N2CCCC(c3ccc(OC)c(OCC)c3)=N2)c(Cl)c1. The Hall–Kier alpha value is -3.26. The van der Waals surface area contributed by atoms with Crippen molar-refractivity contribution in [2.24, 2.45) is 5.10 Å². The molecule has 0 spiro atoms. The van der Waals surface area contributed by atoms with Gasteiger partial charge in [-0.1, -0.05) is 11.6 Å². The number of amides is 1. The maximum Gasteiger partial charge on any atom is 0.344 e. The molecule has 1 aliphatic heterocycles. The van der Waals surface area contributed by atoms with Gasteiger partial charge in [-0.3, -0.25) is 4.79 Å². The highest BCUT2D eigenvalue weighted by molar-refractivity contribution is 6.34. The Morgan fingerprint density at radius 3 is 2.58 bits per heavy atom. The van der Waals surface area contributed by atoms with E-state index in [1.54, 1.807) is 26.2 Å². The Kier molecular flexibility index (Phi) is 8.54. The molecule has 0 aromatic heterocycles. The lowest BCUT2D eigenvalue weighted by Crippen LogP contribution is -2.32. The summed E-state index contributed by atoms with van der Waals surface area (Å²) in [6, 6.07) is 10.3. The molecule has 176 valence electrons. The molecular weight excluding hydrogens is 448 g/mol. The second-order valence-corrected chi connectivity index (χ2v) is 7.52. The van der Waals surface area contributed by atoms with Crippen LogP contribution < -0.4 is 14.2 Å². The molecule has 0 aliphatic carbocycles. The fraction of sp³-hybridized carbons (Fsp3) is 0.375. The number of hydrogen-bond donors (Lipinski definition) is 0. The van der Waals surface area contributed by atoms with E-state index in [-0.39, 0.29) is 24.1 Å². The fourth-order valence-corrected chi connectivity index (χ4v) is 3.61. The zero-order chi connectivity index (χ0) is 23.8. The Morgan fingerprint density at radius 2 is 1.88 bits per heavy atom. The molecule has 0 N–H and O–H groups in total. The Bertz CT molecular complexity index is 1040. The fourth-order valence-electron chi connectivity index (χ4n) is 3.36. The van der Waals surface area contributed by atoms with Crippen molar-refractivity contribution < 1.29 is 28.5 Å². The summed E-state index contributed by atoms with van der Waals surface area (Å²) in [6.07, 6.45) is 1.50. The zero-order valence-electron chi connectivity index (χ0n) is 18.9. The van der Waals surface area contributed by atoms with Gasteiger partial charge in [-0.15, -0.1) is 0 Å². The first kappa shape index (κ1) is 24.4. The average Bonchev–Trinajstić information content (AvgIpc) is 2.83. The Labute approximate surface area is 198 Å². The maximum absolute atomic E-state index is 13.1. The molecule has 2 aromatic carbocycles. The van der Waals surface area contributed by atoms with Crippen molar-refractivity contribution in [2.45, 2.75) is 26.7 Å². The van der Waals surface area contributed by atoms with E-state index in [9.17, 15) is 9.59 Å². The second-order valence-electron chi connectivity index (χ2n) is 7.11. The first-order chi connectivity index (χ1) is 16.0. The van der Waals surface area contributed by atoms with Crippen LogP contribution in [0.2, 0.25) is 5.02 Å². The summed E-state index contributed by atoms with van der Waals surface area (Å²) in [4.78, 5) is 24.6. The average molecular weight is 475 g/mol. The van der Waals surface area contributed by atoms with Gasteiger partial charge in [-0.2, -0.15) is 5.10 Å². The summed E-state index contributed by atoms with van der Waals surface area (Å²) in [7, 11) is 1.59. The number of halogens is 1. The van der Waals surface area contributed by atoms with Crippen molar-refractivity contribution in [3.63, 3.8) is 0 Å². The van der Waals surface area contributed by atoms with Crippen LogP contribution in [-0.2, 0) is 9.53 Å². The van der Waals surface area contributed by atoms with Gasteiger partial charge in [0.05, 0.1) is 36.6 Å². The van der Waals surface area contributed by atoms with Crippen molar-refractivity contribution in [3.05, 3.63) is 52.5 Å². The smallest absolute Gasteiger partial charge is 0.344 e. The topological polar surface area (TPSA) is 86.7 Å². The second kappa shape index (κ2) is 11.6. The van der Waals surface area contributed by atoms with E-state index in [4.69, 9.17) is 30.5 Å². The molecule has 1 heterocycles. The number of carbonyl (C=O) groups excluding carboxylic acids is 2. The van der Waals surface area contributed by atoms with Gasteiger partial charge in [0, 0.05) is 12.1 Å². The number of hydrazone groups is 1. The standard InChI is InChI=1S/C24H27ClN2O6/c1-4-31-22-13-16(8-11-21(22)30-3)20-7-6-12-27(26-20)24(29)18-10-9-17(14-19(18)25)33-15-23(28)32-5-2/h8-11,13-14H,4-7,12,15H2,1-3H3. The third-order valence-corrected chi connectivity index (χ3v) is 5.20. The van der Waals surface area contributed by atoms with E-state index in [1.165, 1.54) is 11.1 Å². The highest BCUT2D eigenvalue weighted by atomic mass is 35.5. The van der Waals surface area contributed by atoms with Crippen molar-refractivity contribution in [1.29, 1.82) is 0 Å². The van der Waals surface area contributed by atoms with E-state index < -0.39 is 5.97 Å². The lowest BCUT2D eigenvalue weighted by molar-refractivity contribution is -0.145. The summed E-state index contributed by atoms with van der Waals surface area (Å²) in [5.74, 6) is 0.851. The van der Waals surface area contributed by atoms with Crippen molar-refractivity contribution in [2.75, 3.05) is 33.5 Å². The third kappa shape index (κ3) is 6.16. The molecule has 0 bridgehead atoms. The number of nitrogens with zero attached hydrogens (tertiary/aromatic N) is 2. The van der Waals surface area contributed by atoms with Gasteiger partial charge >= 0.3 is 5.97 Å². The molecule has 0 radical (unpaired) electrons. The van der Waals surface area contributed by atoms with Crippen LogP contribution >= 0.6 is 11.6 Å². The van der Waals surface area contributed by atoms with Crippen LogP contribution in [-0.4, -0.2) is 56.1 Å². The third-order valence-electron chi connectivity index (χ3n) is 4.89. The van der Waals surface area contributed by atoms with E-state index in [0.29, 0.717) is 36.0 Å². The largest absolute Gasteiger partial charge is 0.493 e. The molecule has 1 amide bonds. The molecule has 8 nitrogen and oxygen atoms in total. The quantitative estimate of drug-likeness (QED) is 0.503. The van der Waals surface area contributed by atoms with Crippen LogP contribution in [0.5, 0.6) is 17.2 Å². The molecule has 0 saturated carbocycles. The van der Waals surface area contributed by atoms with Gasteiger partial charge in [0.25, 0.3) is 5.91 Å². The van der Waals surface area contributed by atoms with E-state index in [1.807, 2.05) is 25.1 Å². The molecule has 2 aromatic rings. The van der Waals surface area contributed by atoms with Gasteiger partial charge in [0.1, 0.15) is 5.75 Å². The highest BCUT2D eigenvalue weighted by Crippen LogP contribution is 2.30. The normalized spacial score (nSPS) is 13.2. The predicted octanol–water partition coefficient (Wildman–Crippen LogP) is 4.33. The summed E-state index contributed by atoms with van der Waals surface area (Å²) >= 11 is 6.34. The van der Waals surface area contributed by atoms with E-state index in [2.05, 4.69) is 5.10 Å². The lowest BCUT2D eigenvalue weighted by atomic mass is 10.0. The number of carbonyl (C=O) groups is 2. The van der Waals surface area contributed by atoms with Crippen molar-refractivity contribution >= 4 is 29.2 Å². The number of hydrogen-bond acceptors (Lipinski definition) is 7. The van der Waals surface area contributed by atoms with Crippen LogP contribution in [0.1, 0.15) is 42.6 Å². The maximum atomic E-state index is 13.1. The molecule has 3 rings (SSSR count). The number of rotatable bonds is 9. The molecular formula is C24H27ClN2O6. The summed E-state index contributed by atoms with van der Waals surface area (Å²) in [5, 5.41) is 6.22. The molecule has 33 heavy (non-hydrogen) atoms. The summed E-state index contributed by atoms with van der Waals surface area (Å²) in [5.41, 5.74) is 1.95. The van der Waals surface area contributed by atoms with Crippen LogP contribution in [0.4, 0.5) is 0 Å². The molecule has 1 aliphatic rings. The summed E-state index contributed by atoms with van der Waals surface area (Å²) in [6.45, 7) is 4.65. The van der Waals surface area contributed by atoms with Crippen LogP contribution in [0.25, 0.3) is 0 Å². The number of benzene rings is 2. The molecule has 0 atom stereocenters. The predicted molar refractivity (Wildman–Crippen MR) is 125 cm³/mol. The van der Waals surface area contributed by atoms with Gasteiger partial charge in [0.2, 0.25) is 0 Å². The van der Waals surface area contributed by atoms with Gasteiger partial charge in [0.15, 0.2) is 18.1 Å². The zero-order valence-corrected chi connectivity index (χ0v) is 19.7. The van der Waals surface area contributed by atoms with Gasteiger partial charge in [-0.25, -0.2) is 9.80 Å². The Balaban J connectivity index is 1.77. The van der Waals surface area contributed by atoms with Crippen molar-refractivity contribution in [3.8, 4) is 17.2 Å².